The SMILES string of the molecule is O=C(N1CC(Oc2nc(C3CCOCC3)c(-c3ccc(F)cc3)c3cc4cn[nH]c4cc23)C1)C1(O)CC1. The van der Waals surface area contributed by atoms with E-state index in [-0.39, 0.29) is 23.7 Å². The monoisotopic (exact) mass is 502 g/mol. The Bertz CT molecular complexity index is 1500. The van der Waals surface area contributed by atoms with Crippen molar-refractivity contribution < 1.29 is 23.8 Å². The summed E-state index contributed by atoms with van der Waals surface area (Å²) in [6, 6.07) is 10.6. The van der Waals surface area contributed by atoms with Gasteiger partial charge in [0.2, 0.25) is 5.88 Å². The average Bonchev–Trinajstić information content (AvgIpc) is 3.48. The zero-order valence-electron chi connectivity index (χ0n) is 20.2. The average molecular weight is 503 g/mol. The lowest BCUT2D eigenvalue weighted by Gasteiger charge is -2.40. The standard InChI is InChI=1S/C28H27FN4O4/c29-19-3-1-16(2-4-19)24-21-11-18-13-30-32-23(18)12-22(21)26(31-25(24)17-5-9-36-10-6-17)37-20-14-33(15-20)27(34)28(35)7-8-28/h1-4,11-13,17,20,35H,5-10,14-15H2,(H,30,32). The van der Waals surface area contributed by atoms with Gasteiger partial charge in [-0.3, -0.25) is 9.89 Å². The van der Waals surface area contributed by atoms with Gasteiger partial charge in [0.1, 0.15) is 17.5 Å². The molecule has 7 rings (SSSR count). The number of carbonyl (C=O) groups is 1. The number of nitrogens with one attached hydrogen (secondary N) is 1. The molecule has 8 nitrogen and oxygen atoms in total. The third-order valence-corrected chi connectivity index (χ3v) is 7.83. The second-order valence-electron chi connectivity index (χ2n) is 10.4. The van der Waals surface area contributed by atoms with Gasteiger partial charge >= 0.3 is 0 Å². The molecule has 2 saturated heterocycles. The van der Waals surface area contributed by atoms with Crippen molar-refractivity contribution in [1.29, 1.82) is 0 Å². The molecule has 0 atom stereocenters. The Labute approximate surface area is 212 Å². The van der Waals surface area contributed by atoms with E-state index in [1.54, 1.807) is 23.2 Å². The Morgan fingerprint density at radius 1 is 1.14 bits per heavy atom. The first-order valence-electron chi connectivity index (χ1n) is 12.8. The second kappa shape index (κ2) is 8.49. The van der Waals surface area contributed by atoms with Crippen LogP contribution in [0.15, 0.2) is 42.6 Å². The molecule has 0 unspecified atom stereocenters. The van der Waals surface area contributed by atoms with Crippen LogP contribution in [0, 0.1) is 5.82 Å². The van der Waals surface area contributed by atoms with E-state index in [2.05, 4.69) is 16.3 Å². The number of fused-ring (bicyclic) bond motifs is 2. The molecule has 9 heteroatoms. The van der Waals surface area contributed by atoms with Gasteiger partial charge in [-0.25, -0.2) is 9.37 Å². The van der Waals surface area contributed by atoms with Crippen LogP contribution >= 0.6 is 0 Å². The number of aromatic nitrogens is 3. The maximum Gasteiger partial charge on any atom is 0.254 e. The summed E-state index contributed by atoms with van der Waals surface area (Å²) in [5.74, 6) is 0.190. The molecule has 1 saturated carbocycles. The van der Waals surface area contributed by atoms with Crippen LogP contribution in [-0.4, -0.2) is 69.1 Å². The third-order valence-electron chi connectivity index (χ3n) is 7.83. The van der Waals surface area contributed by atoms with Crippen LogP contribution in [-0.2, 0) is 9.53 Å². The molecule has 3 aliphatic rings. The van der Waals surface area contributed by atoms with Crippen molar-refractivity contribution in [3.05, 3.63) is 54.1 Å². The van der Waals surface area contributed by atoms with Crippen LogP contribution < -0.4 is 4.74 Å². The fourth-order valence-electron chi connectivity index (χ4n) is 5.48. The van der Waals surface area contributed by atoms with Crippen molar-refractivity contribution in [3.63, 3.8) is 0 Å². The molecule has 1 aliphatic carbocycles. The van der Waals surface area contributed by atoms with E-state index in [0.717, 1.165) is 51.3 Å². The number of hydrogen-bond acceptors (Lipinski definition) is 6. The lowest BCUT2D eigenvalue weighted by atomic mass is 9.87. The first-order chi connectivity index (χ1) is 18.0. The third kappa shape index (κ3) is 3.93. The van der Waals surface area contributed by atoms with Gasteiger partial charge < -0.3 is 19.5 Å². The van der Waals surface area contributed by atoms with Crippen LogP contribution in [0.1, 0.15) is 37.3 Å². The van der Waals surface area contributed by atoms with Gasteiger partial charge in [-0.05, 0) is 60.9 Å². The Balaban J connectivity index is 1.34. The van der Waals surface area contributed by atoms with E-state index in [1.807, 2.05) is 6.07 Å². The smallest absolute Gasteiger partial charge is 0.254 e. The molecule has 3 fully saturated rings. The lowest BCUT2D eigenvalue weighted by Crippen LogP contribution is -2.59. The quantitative estimate of drug-likeness (QED) is 0.429. The molecule has 0 spiro atoms. The number of likely N-dealkylation sites (tertiary alicyclic amines) is 1. The van der Waals surface area contributed by atoms with Crippen molar-refractivity contribution in [1.82, 2.24) is 20.1 Å². The van der Waals surface area contributed by atoms with Gasteiger partial charge in [0.05, 0.1) is 30.5 Å². The van der Waals surface area contributed by atoms with Crippen LogP contribution in [0.4, 0.5) is 4.39 Å². The fourth-order valence-corrected chi connectivity index (χ4v) is 5.48. The zero-order chi connectivity index (χ0) is 25.1. The summed E-state index contributed by atoms with van der Waals surface area (Å²) >= 11 is 0. The van der Waals surface area contributed by atoms with Gasteiger partial charge in [-0.2, -0.15) is 5.10 Å². The van der Waals surface area contributed by atoms with E-state index < -0.39 is 5.60 Å². The number of hydrogen-bond donors (Lipinski definition) is 2. The summed E-state index contributed by atoms with van der Waals surface area (Å²) in [6.07, 6.45) is 4.31. The molecular weight excluding hydrogens is 475 g/mol. The second-order valence-corrected chi connectivity index (χ2v) is 10.4. The maximum absolute atomic E-state index is 13.8. The number of carbonyl (C=O) groups excluding carboxylic acids is 1. The largest absolute Gasteiger partial charge is 0.470 e. The Kier molecular flexibility index (Phi) is 5.19. The summed E-state index contributed by atoms with van der Waals surface area (Å²) in [4.78, 5) is 19.2. The number of ether oxygens (including phenoxy) is 2. The predicted octanol–water partition coefficient (Wildman–Crippen LogP) is 3.93. The number of nitrogens with zero attached hydrogens (tertiary/aromatic N) is 3. The minimum atomic E-state index is -1.17. The topological polar surface area (TPSA) is 101 Å². The number of amides is 1. The minimum absolute atomic E-state index is 0.171. The zero-order valence-corrected chi connectivity index (χ0v) is 20.2. The highest BCUT2D eigenvalue weighted by molar-refractivity contribution is 6.06. The number of pyridine rings is 1. The van der Waals surface area contributed by atoms with Crippen LogP contribution in [0.25, 0.3) is 32.8 Å². The van der Waals surface area contributed by atoms with Crippen molar-refractivity contribution in [2.75, 3.05) is 26.3 Å². The number of aromatic amines is 1. The summed E-state index contributed by atoms with van der Waals surface area (Å²) in [5.41, 5.74) is 2.48. The molecule has 190 valence electrons. The van der Waals surface area contributed by atoms with E-state index in [1.165, 1.54) is 12.1 Å². The van der Waals surface area contributed by atoms with Gasteiger partial charge in [-0.1, -0.05) is 12.1 Å². The number of aliphatic hydroxyl groups is 1. The molecule has 2 aromatic carbocycles. The van der Waals surface area contributed by atoms with Gasteiger partial charge in [0, 0.05) is 35.5 Å². The molecule has 0 bridgehead atoms. The number of benzene rings is 2. The molecule has 4 heterocycles. The predicted molar refractivity (Wildman–Crippen MR) is 135 cm³/mol. The fraction of sp³-hybridized carbons (Fsp3) is 0.393. The van der Waals surface area contributed by atoms with Crippen LogP contribution in [0.5, 0.6) is 5.88 Å². The van der Waals surface area contributed by atoms with Crippen molar-refractivity contribution in [2.45, 2.75) is 43.3 Å². The summed E-state index contributed by atoms with van der Waals surface area (Å²) < 4.78 is 25.9. The first kappa shape index (κ1) is 22.6. The number of H-pyrrole nitrogens is 1. The highest BCUT2D eigenvalue weighted by Crippen LogP contribution is 2.43. The molecule has 2 aromatic heterocycles. The molecule has 1 amide bonds. The van der Waals surface area contributed by atoms with E-state index in [9.17, 15) is 14.3 Å². The van der Waals surface area contributed by atoms with Gasteiger partial charge in [0.15, 0.2) is 0 Å². The van der Waals surface area contributed by atoms with Gasteiger partial charge in [-0.15, -0.1) is 0 Å². The normalized spacial score (nSPS) is 19.8. The summed E-state index contributed by atoms with van der Waals surface area (Å²) in [7, 11) is 0. The highest BCUT2D eigenvalue weighted by atomic mass is 19.1. The Hall–Kier alpha value is -3.56. The maximum atomic E-state index is 13.8. The van der Waals surface area contributed by atoms with E-state index in [4.69, 9.17) is 14.5 Å². The van der Waals surface area contributed by atoms with Gasteiger partial charge in [0.25, 0.3) is 5.91 Å². The molecule has 2 N–H and O–H groups in total. The molecule has 2 aliphatic heterocycles. The number of halogens is 1. The molecule has 37 heavy (non-hydrogen) atoms. The van der Waals surface area contributed by atoms with Crippen molar-refractivity contribution >= 4 is 27.6 Å². The Morgan fingerprint density at radius 2 is 1.89 bits per heavy atom. The van der Waals surface area contributed by atoms with E-state index >= 15 is 0 Å². The highest BCUT2D eigenvalue weighted by Gasteiger charge is 2.52. The molecule has 4 aromatic rings. The first-order valence-corrected chi connectivity index (χ1v) is 12.8. The minimum Gasteiger partial charge on any atom is -0.470 e. The van der Waals surface area contributed by atoms with Crippen molar-refractivity contribution in [3.8, 4) is 17.0 Å². The van der Waals surface area contributed by atoms with Crippen molar-refractivity contribution in [2.24, 2.45) is 0 Å². The summed E-state index contributed by atoms with van der Waals surface area (Å²) in [5, 5.41) is 20.2. The van der Waals surface area contributed by atoms with Crippen LogP contribution in [0.3, 0.4) is 0 Å². The lowest BCUT2D eigenvalue weighted by molar-refractivity contribution is -0.151. The Morgan fingerprint density at radius 3 is 2.62 bits per heavy atom. The van der Waals surface area contributed by atoms with E-state index in [0.29, 0.717) is 45.0 Å². The number of rotatable bonds is 5. The molecule has 0 radical (unpaired) electrons. The van der Waals surface area contributed by atoms with Crippen LogP contribution in [0.2, 0.25) is 0 Å². The molecular formula is C28H27FN4O4. The summed E-state index contributed by atoms with van der Waals surface area (Å²) in [6.45, 7) is 2.16.